The summed E-state index contributed by atoms with van der Waals surface area (Å²) in [5, 5.41) is 9.23. The lowest BCUT2D eigenvalue weighted by atomic mass is 10.1. The van der Waals surface area contributed by atoms with E-state index in [1.165, 1.54) is 18.4 Å². The van der Waals surface area contributed by atoms with Gasteiger partial charge in [0.2, 0.25) is 0 Å². The maximum atomic E-state index is 9.23. The molecule has 0 radical (unpaired) electrons. The Morgan fingerprint density at radius 1 is 1.32 bits per heavy atom. The summed E-state index contributed by atoms with van der Waals surface area (Å²) in [6, 6.07) is 5.94. The topological polar surface area (TPSA) is 41.9 Å². The van der Waals surface area contributed by atoms with E-state index >= 15 is 0 Å². The number of aliphatic hydroxyl groups is 1. The Bertz CT molecular complexity index is 429. The van der Waals surface area contributed by atoms with Crippen LogP contribution in [0.2, 0.25) is 0 Å². The maximum absolute atomic E-state index is 9.23. The number of aliphatic hydroxyl groups excluding tert-OH is 1. The minimum Gasteiger partial charge on any atom is -0.492 e. The summed E-state index contributed by atoms with van der Waals surface area (Å²) >= 11 is 0. The quantitative estimate of drug-likeness (QED) is 0.898. The fourth-order valence-corrected chi connectivity index (χ4v) is 2.83. The van der Waals surface area contributed by atoms with Crippen LogP contribution in [-0.4, -0.2) is 42.4 Å². The largest absolute Gasteiger partial charge is 0.492 e. The first kappa shape index (κ1) is 12.9. The summed E-state index contributed by atoms with van der Waals surface area (Å²) in [6.07, 6.45) is 2.73. The van der Waals surface area contributed by atoms with Crippen molar-refractivity contribution in [1.82, 2.24) is 4.90 Å². The molecule has 0 spiro atoms. The number of benzene rings is 1. The molecule has 0 bridgehead atoms. The van der Waals surface area contributed by atoms with E-state index in [1.807, 2.05) is 18.2 Å². The number of hydrogen-bond acceptors (Lipinski definition) is 4. The van der Waals surface area contributed by atoms with Crippen LogP contribution in [-0.2, 0) is 17.9 Å². The lowest BCUT2D eigenvalue weighted by molar-refractivity contribution is 0.0687. The van der Waals surface area contributed by atoms with Gasteiger partial charge < -0.3 is 14.6 Å². The van der Waals surface area contributed by atoms with Crippen molar-refractivity contribution in [3.05, 3.63) is 29.3 Å². The molecule has 0 saturated carbocycles. The molecule has 0 aliphatic carbocycles. The highest BCUT2D eigenvalue weighted by Crippen LogP contribution is 2.25. The highest BCUT2D eigenvalue weighted by atomic mass is 16.5. The first-order valence-electron chi connectivity index (χ1n) is 7.04. The van der Waals surface area contributed by atoms with Gasteiger partial charge in [-0.1, -0.05) is 6.07 Å². The molecule has 3 rings (SSSR count). The molecule has 1 unspecified atom stereocenters. The van der Waals surface area contributed by atoms with Gasteiger partial charge in [0.1, 0.15) is 12.4 Å². The molecule has 1 fully saturated rings. The van der Waals surface area contributed by atoms with E-state index < -0.39 is 0 Å². The molecular formula is C15H21NO3. The summed E-state index contributed by atoms with van der Waals surface area (Å²) in [5.41, 5.74) is 2.11. The fraction of sp³-hybridized carbons (Fsp3) is 0.600. The van der Waals surface area contributed by atoms with E-state index in [9.17, 15) is 5.11 Å². The molecule has 1 aromatic rings. The summed E-state index contributed by atoms with van der Waals surface area (Å²) in [6.45, 7) is 4.50. The molecule has 0 aromatic heterocycles. The predicted octanol–water partition coefficient (Wildman–Crippen LogP) is 1.55. The van der Waals surface area contributed by atoms with Gasteiger partial charge in [0.25, 0.3) is 0 Å². The zero-order chi connectivity index (χ0) is 13.1. The zero-order valence-electron chi connectivity index (χ0n) is 11.2. The van der Waals surface area contributed by atoms with Gasteiger partial charge >= 0.3 is 0 Å². The normalized spacial score (nSPS) is 23.7. The monoisotopic (exact) mass is 263 g/mol. The Hall–Kier alpha value is -1.10. The van der Waals surface area contributed by atoms with Crippen molar-refractivity contribution in [2.24, 2.45) is 0 Å². The Kier molecular flexibility index (Phi) is 4.01. The van der Waals surface area contributed by atoms with Crippen LogP contribution in [0.15, 0.2) is 18.2 Å². The van der Waals surface area contributed by atoms with Gasteiger partial charge in [0.15, 0.2) is 0 Å². The number of ether oxygens (including phenoxy) is 2. The number of hydrogen-bond donors (Lipinski definition) is 1. The van der Waals surface area contributed by atoms with Crippen LogP contribution in [0.3, 0.4) is 0 Å². The number of nitrogens with zero attached hydrogens (tertiary/aromatic N) is 1. The third-order valence-electron chi connectivity index (χ3n) is 3.85. The first-order chi connectivity index (χ1) is 9.35. The molecule has 1 N–H and O–H groups in total. The van der Waals surface area contributed by atoms with Crippen LogP contribution in [0.1, 0.15) is 24.0 Å². The predicted molar refractivity (Wildman–Crippen MR) is 72.1 cm³/mol. The zero-order valence-corrected chi connectivity index (χ0v) is 11.2. The second kappa shape index (κ2) is 5.90. The molecule has 2 aliphatic rings. The Balaban J connectivity index is 1.71. The molecule has 2 aliphatic heterocycles. The van der Waals surface area contributed by atoms with E-state index in [1.54, 1.807) is 0 Å². The molecule has 1 saturated heterocycles. The van der Waals surface area contributed by atoms with Gasteiger partial charge in [-0.05, 0) is 30.5 Å². The molecule has 19 heavy (non-hydrogen) atoms. The average Bonchev–Trinajstić information content (AvgIpc) is 2.84. The minimum atomic E-state index is 0.0824. The summed E-state index contributed by atoms with van der Waals surface area (Å²) < 4.78 is 11.5. The minimum absolute atomic E-state index is 0.0824. The van der Waals surface area contributed by atoms with Gasteiger partial charge in [0.05, 0.1) is 12.7 Å². The average molecular weight is 263 g/mol. The van der Waals surface area contributed by atoms with Crippen molar-refractivity contribution in [1.29, 1.82) is 0 Å². The number of fused-ring (bicyclic) bond motifs is 1. The molecule has 0 amide bonds. The third kappa shape index (κ3) is 3.08. The first-order valence-corrected chi connectivity index (χ1v) is 7.04. The maximum Gasteiger partial charge on any atom is 0.123 e. The second-order valence-corrected chi connectivity index (χ2v) is 5.32. The van der Waals surface area contributed by atoms with Gasteiger partial charge in [0, 0.05) is 31.8 Å². The van der Waals surface area contributed by atoms with Crippen molar-refractivity contribution in [2.45, 2.75) is 32.1 Å². The Morgan fingerprint density at radius 3 is 3.05 bits per heavy atom. The van der Waals surface area contributed by atoms with E-state index in [-0.39, 0.29) is 6.61 Å². The van der Waals surface area contributed by atoms with Crippen LogP contribution in [0.5, 0.6) is 5.75 Å². The van der Waals surface area contributed by atoms with E-state index in [4.69, 9.17) is 9.47 Å². The van der Waals surface area contributed by atoms with Gasteiger partial charge in [-0.2, -0.15) is 0 Å². The molecule has 104 valence electrons. The van der Waals surface area contributed by atoms with E-state index in [2.05, 4.69) is 4.90 Å². The third-order valence-corrected chi connectivity index (χ3v) is 3.85. The van der Waals surface area contributed by atoms with Crippen molar-refractivity contribution < 1.29 is 14.6 Å². The Morgan fingerprint density at radius 2 is 2.26 bits per heavy atom. The summed E-state index contributed by atoms with van der Waals surface area (Å²) in [5.74, 6) is 0.951. The van der Waals surface area contributed by atoms with E-state index in [0.29, 0.717) is 6.10 Å². The molecule has 4 nitrogen and oxygen atoms in total. The fourth-order valence-electron chi connectivity index (χ4n) is 2.83. The number of rotatable bonds is 3. The molecular weight excluding hydrogens is 242 g/mol. The second-order valence-electron chi connectivity index (χ2n) is 5.32. The van der Waals surface area contributed by atoms with Crippen molar-refractivity contribution >= 4 is 0 Å². The molecule has 2 heterocycles. The van der Waals surface area contributed by atoms with Crippen LogP contribution in [0, 0.1) is 0 Å². The van der Waals surface area contributed by atoms with Gasteiger partial charge in [-0.25, -0.2) is 0 Å². The van der Waals surface area contributed by atoms with Crippen LogP contribution in [0.4, 0.5) is 0 Å². The SMILES string of the molecule is OCc1ccc2c(c1)CN(CC1CCCO1)CCO2. The van der Waals surface area contributed by atoms with E-state index in [0.717, 1.165) is 44.2 Å². The molecule has 1 atom stereocenters. The molecule has 1 aromatic carbocycles. The van der Waals surface area contributed by atoms with Crippen LogP contribution < -0.4 is 4.74 Å². The highest BCUT2D eigenvalue weighted by Gasteiger charge is 2.22. The summed E-state index contributed by atoms with van der Waals surface area (Å²) in [7, 11) is 0. The van der Waals surface area contributed by atoms with Crippen LogP contribution in [0.25, 0.3) is 0 Å². The van der Waals surface area contributed by atoms with Gasteiger partial charge in [-0.3, -0.25) is 4.90 Å². The van der Waals surface area contributed by atoms with Crippen LogP contribution >= 0.6 is 0 Å². The van der Waals surface area contributed by atoms with Crippen molar-refractivity contribution in [3.8, 4) is 5.75 Å². The standard InChI is InChI=1S/C15H21NO3/c17-11-12-3-4-15-13(8-12)9-16(5-7-19-15)10-14-2-1-6-18-14/h3-4,8,14,17H,1-2,5-7,9-11H2. The lowest BCUT2D eigenvalue weighted by Gasteiger charge is -2.22. The van der Waals surface area contributed by atoms with Gasteiger partial charge in [-0.15, -0.1) is 0 Å². The smallest absolute Gasteiger partial charge is 0.123 e. The summed E-state index contributed by atoms with van der Waals surface area (Å²) in [4.78, 5) is 2.39. The highest BCUT2D eigenvalue weighted by molar-refractivity contribution is 5.37. The molecule has 4 heteroatoms. The van der Waals surface area contributed by atoms with Crippen molar-refractivity contribution in [3.63, 3.8) is 0 Å². The lowest BCUT2D eigenvalue weighted by Crippen LogP contribution is -2.33. The Labute approximate surface area is 113 Å². The van der Waals surface area contributed by atoms with Crippen molar-refractivity contribution in [2.75, 3.05) is 26.3 Å².